The van der Waals surface area contributed by atoms with Crippen molar-refractivity contribution in [2.75, 3.05) is 7.11 Å². The zero-order valence-corrected chi connectivity index (χ0v) is 23.9. The topological polar surface area (TPSA) is 48.1 Å². The van der Waals surface area contributed by atoms with Gasteiger partial charge in [-0.1, -0.05) is 34.6 Å². The van der Waals surface area contributed by atoms with Crippen LogP contribution in [-0.4, -0.2) is 38.7 Å². The Morgan fingerprint density at radius 2 is 1.73 bits per heavy atom. The van der Waals surface area contributed by atoms with E-state index in [0.717, 1.165) is 16.2 Å². The summed E-state index contributed by atoms with van der Waals surface area (Å²) >= 11 is 6.63. The standard InChI is InChI=1S/C23H36Br2O4Si/c1-20(2,3)30(8,9)28-17-14-21(4,5)23(22(6,15-17)29-23)13-12-16(19(26)27-7)10-11-18(24)25/h10-13,17H,14-15H2,1-9H3/b13-12+,16-10-/t17-,22+,23-/m0/s1. The lowest BCUT2D eigenvalue weighted by Crippen LogP contribution is -2.51. The van der Waals surface area contributed by atoms with Crippen molar-refractivity contribution >= 4 is 46.1 Å². The Kier molecular flexibility index (Phi) is 7.48. The van der Waals surface area contributed by atoms with Crippen LogP contribution in [0.15, 0.2) is 33.3 Å². The number of epoxide rings is 1. The molecule has 1 aliphatic carbocycles. The molecule has 0 spiro atoms. The van der Waals surface area contributed by atoms with Crippen LogP contribution in [0.1, 0.15) is 54.4 Å². The Hall–Kier alpha value is -0.213. The fraction of sp³-hybridized carbons (Fsp3) is 0.696. The van der Waals surface area contributed by atoms with Gasteiger partial charge < -0.3 is 13.9 Å². The van der Waals surface area contributed by atoms with Crippen LogP contribution in [0.4, 0.5) is 0 Å². The Balaban J connectivity index is 2.28. The quantitative estimate of drug-likeness (QED) is 0.115. The number of carbonyl (C=O) groups excluding carboxylic acids is 1. The monoisotopic (exact) mass is 562 g/mol. The highest BCUT2D eigenvalue weighted by Gasteiger charge is 2.75. The molecule has 30 heavy (non-hydrogen) atoms. The Morgan fingerprint density at radius 3 is 2.20 bits per heavy atom. The second-order valence-corrected chi connectivity index (χ2v) is 18.3. The van der Waals surface area contributed by atoms with Crippen LogP contribution in [0.3, 0.4) is 0 Å². The van der Waals surface area contributed by atoms with Crippen LogP contribution >= 0.6 is 31.9 Å². The van der Waals surface area contributed by atoms with Crippen molar-refractivity contribution in [1.29, 1.82) is 0 Å². The molecule has 1 heterocycles. The summed E-state index contributed by atoms with van der Waals surface area (Å²) < 4.78 is 18.9. The number of allylic oxidation sites excluding steroid dienone is 2. The third-order valence-corrected chi connectivity index (χ3v) is 12.1. The minimum absolute atomic E-state index is 0.128. The number of fused-ring (bicyclic) bond motifs is 1. The zero-order chi connectivity index (χ0) is 23.2. The first-order chi connectivity index (χ1) is 13.5. The van der Waals surface area contributed by atoms with E-state index in [1.807, 2.05) is 12.2 Å². The molecule has 2 aliphatic rings. The second-order valence-electron chi connectivity index (χ2n) is 10.8. The van der Waals surface area contributed by atoms with Crippen LogP contribution in [0.5, 0.6) is 0 Å². The van der Waals surface area contributed by atoms with Crippen molar-refractivity contribution in [1.82, 2.24) is 0 Å². The molecule has 0 aromatic heterocycles. The molecule has 2 rings (SSSR count). The minimum Gasteiger partial charge on any atom is -0.465 e. The van der Waals surface area contributed by atoms with Crippen molar-refractivity contribution in [2.45, 2.75) is 89.8 Å². The average molecular weight is 564 g/mol. The highest BCUT2D eigenvalue weighted by Crippen LogP contribution is 2.66. The van der Waals surface area contributed by atoms with Gasteiger partial charge in [-0.2, -0.15) is 0 Å². The van der Waals surface area contributed by atoms with Crippen LogP contribution < -0.4 is 0 Å². The number of hydrogen-bond donors (Lipinski definition) is 0. The molecule has 3 atom stereocenters. The van der Waals surface area contributed by atoms with Gasteiger partial charge >= 0.3 is 5.97 Å². The number of ether oxygens (including phenoxy) is 2. The van der Waals surface area contributed by atoms with Gasteiger partial charge in [0.05, 0.1) is 16.1 Å². The fourth-order valence-electron chi connectivity index (χ4n) is 4.39. The summed E-state index contributed by atoms with van der Waals surface area (Å²) in [6.07, 6.45) is 9.31. The molecule has 0 unspecified atom stereocenters. The first kappa shape index (κ1) is 26.0. The van der Waals surface area contributed by atoms with E-state index in [-0.39, 0.29) is 28.1 Å². The molecule has 0 aromatic rings. The summed E-state index contributed by atoms with van der Waals surface area (Å²) in [5.41, 5.74) is -0.380. The Morgan fingerprint density at radius 1 is 1.13 bits per heavy atom. The lowest BCUT2D eigenvalue weighted by atomic mass is 9.63. The maximum absolute atomic E-state index is 12.2. The molecule has 4 nitrogen and oxygen atoms in total. The van der Waals surface area contributed by atoms with Gasteiger partial charge in [-0.05, 0) is 87.6 Å². The van der Waals surface area contributed by atoms with Gasteiger partial charge in [0.15, 0.2) is 8.32 Å². The molecule has 0 aromatic carbocycles. The van der Waals surface area contributed by atoms with Crippen molar-refractivity contribution in [3.05, 3.63) is 33.3 Å². The summed E-state index contributed by atoms with van der Waals surface area (Å²) in [5, 5.41) is 0.175. The zero-order valence-electron chi connectivity index (χ0n) is 19.7. The number of rotatable bonds is 6. The number of carbonyl (C=O) groups is 1. The van der Waals surface area contributed by atoms with Gasteiger partial charge in [0.25, 0.3) is 0 Å². The van der Waals surface area contributed by atoms with Gasteiger partial charge in [-0.25, -0.2) is 4.79 Å². The molecule has 7 heteroatoms. The summed E-state index contributed by atoms with van der Waals surface area (Å²) in [6, 6.07) is 0. The van der Waals surface area contributed by atoms with Crippen LogP contribution in [0.2, 0.25) is 18.1 Å². The molecule has 0 radical (unpaired) electrons. The number of halogens is 2. The molecular formula is C23H36Br2O4Si. The van der Waals surface area contributed by atoms with E-state index < -0.39 is 13.9 Å². The van der Waals surface area contributed by atoms with Gasteiger partial charge in [0, 0.05) is 17.9 Å². The van der Waals surface area contributed by atoms with Gasteiger partial charge in [0.1, 0.15) is 11.2 Å². The molecule has 170 valence electrons. The summed E-state index contributed by atoms with van der Waals surface area (Å²) in [4.78, 5) is 12.2. The van der Waals surface area contributed by atoms with Crippen molar-refractivity contribution < 1.29 is 18.7 Å². The van der Waals surface area contributed by atoms with Gasteiger partial charge in [0.2, 0.25) is 0 Å². The van der Waals surface area contributed by atoms with Crippen molar-refractivity contribution in [3.63, 3.8) is 0 Å². The average Bonchev–Trinajstić information content (AvgIpc) is 3.18. The normalized spacial score (nSPS) is 31.3. The smallest absolute Gasteiger partial charge is 0.337 e. The Labute approximate surface area is 199 Å². The molecular weight excluding hydrogens is 528 g/mol. The SMILES string of the molecule is COC(=O)C(=C\C=C(Br)Br)/C=C/[C@@]12O[C@]1(C)C[C@@H](O[Si](C)(C)C(C)(C)C)CC2(C)C. The van der Waals surface area contributed by atoms with Crippen molar-refractivity contribution in [3.8, 4) is 0 Å². The number of esters is 1. The third kappa shape index (κ3) is 5.06. The van der Waals surface area contributed by atoms with E-state index in [9.17, 15) is 4.79 Å². The Bertz CT molecular complexity index is 775. The highest BCUT2D eigenvalue weighted by molar-refractivity contribution is 9.28. The molecule has 1 saturated carbocycles. The van der Waals surface area contributed by atoms with Crippen LogP contribution in [-0.2, 0) is 18.7 Å². The number of hydrogen-bond acceptors (Lipinski definition) is 4. The predicted octanol–water partition coefficient (Wildman–Crippen LogP) is 7.01. The van der Waals surface area contributed by atoms with E-state index in [2.05, 4.69) is 86.5 Å². The van der Waals surface area contributed by atoms with Gasteiger partial charge in [-0.15, -0.1) is 0 Å². The molecule has 0 bridgehead atoms. The van der Waals surface area contributed by atoms with Crippen molar-refractivity contribution in [2.24, 2.45) is 5.41 Å². The van der Waals surface area contributed by atoms with Crippen LogP contribution in [0, 0.1) is 5.41 Å². The van der Waals surface area contributed by atoms with E-state index in [1.165, 1.54) is 7.11 Å². The van der Waals surface area contributed by atoms with E-state index in [4.69, 9.17) is 13.9 Å². The maximum Gasteiger partial charge on any atom is 0.337 e. The fourth-order valence-corrected chi connectivity index (χ4v) is 6.00. The molecule has 0 N–H and O–H groups in total. The summed E-state index contributed by atoms with van der Waals surface area (Å²) in [5.74, 6) is -0.379. The second kappa shape index (κ2) is 8.62. The first-order valence-corrected chi connectivity index (χ1v) is 14.9. The van der Waals surface area contributed by atoms with E-state index in [0.29, 0.717) is 5.57 Å². The molecule has 1 aliphatic heterocycles. The molecule has 1 saturated heterocycles. The first-order valence-electron chi connectivity index (χ1n) is 10.4. The van der Waals surface area contributed by atoms with Gasteiger partial charge in [-0.3, -0.25) is 0 Å². The third-order valence-electron chi connectivity index (χ3n) is 7.07. The summed E-state index contributed by atoms with van der Waals surface area (Å²) in [7, 11) is -0.471. The van der Waals surface area contributed by atoms with Crippen LogP contribution in [0.25, 0.3) is 0 Å². The maximum atomic E-state index is 12.2. The summed E-state index contributed by atoms with van der Waals surface area (Å²) in [6.45, 7) is 18.1. The van der Waals surface area contributed by atoms with E-state index in [1.54, 1.807) is 12.2 Å². The molecule has 0 amide bonds. The minimum atomic E-state index is -1.86. The highest BCUT2D eigenvalue weighted by atomic mass is 79.9. The largest absolute Gasteiger partial charge is 0.465 e. The number of methoxy groups -OCH3 is 1. The molecule has 2 fully saturated rings. The lowest BCUT2D eigenvalue weighted by Gasteiger charge is -2.45. The predicted molar refractivity (Wildman–Crippen MR) is 132 cm³/mol. The lowest BCUT2D eigenvalue weighted by molar-refractivity contribution is -0.135. The van der Waals surface area contributed by atoms with E-state index >= 15 is 0 Å².